The Morgan fingerprint density at radius 2 is 2.18 bits per heavy atom. The standard InChI is InChI=1S/C14H12ClN5OS/c1-22-14-17-6-8(15)12(20-14)13(21)16-7-11-18-9-4-2-3-5-10(9)19-11/h2-6H,7H2,1H3,(H,16,21)(H,18,19). The van der Waals surface area contributed by atoms with E-state index in [1.54, 1.807) is 0 Å². The Balaban J connectivity index is 1.74. The summed E-state index contributed by atoms with van der Waals surface area (Å²) in [6.07, 6.45) is 3.26. The van der Waals surface area contributed by atoms with Crippen LogP contribution in [0, 0.1) is 0 Å². The number of fused-ring (bicyclic) bond motifs is 1. The fourth-order valence-corrected chi connectivity index (χ4v) is 2.46. The molecule has 0 bridgehead atoms. The third kappa shape index (κ3) is 3.05. The molecule has 0 saturated carbocycles. The number of nitrogens with one attached hydrogen (secondary N) is 2. The highest BCUT2D eigenvalue weighted by Crippen LogP contribution is 2.16. The van der Waals surface area contributed by atoms with Crippen molar-refractivity contribution in [2.24, 2.45) is 0 Å². The molecular formula is C14H12ClN5OS. The molecule has 22 heavy (non-hydrogen) atoms. The normalized spacial score (nSPS) is 10.8. The number of hydrogen-bond acceptors (Lipinski definition) is 5. The predicted octanol–water partition coefficient (Wildman–Crippen LogP) is 2.66. The molecular weight excluding hydrogens is 322 g/mol. The van der Waals surface area contributed by atoms with Crippen molar-refractivity contribution in [2.45, 2.75) is 11.7 Å². The van der Waals surface area contributed by atoms with Crippen LogP contribution in [0.3, 0.4) is 0 Å². The first-order valence-electron chi connectivity index (χ1n) is 6.45. The van der Waals surface area contributed by atoms with Gasteiger partial charge in [0.25, 0.3) is 5.91 Å². The molecule has 0 aliphatic carbocycles. The molecule has 2 aromatic heterocycles. The summed E-state index contributed by atoms with van der Waals surface area (Å²) < 4.78 is 0. The molecule has 0 aliphatic rings. The predicted molar refractivity (Wildman–Crippen MR) is 86.1 cm³/mol. The molecule has 0 unspecified atom stereocenters. The number of nitrogens with zero attached hydrogens (tertiary/aromatic N) is 3. The van der Waals surface area contributed by atoms with E-state index in [-0.39, 0.29) is 23.2 Å². The number of halogens is 1. The fraction of sp³-hybridized carbons (Fsp3) is 0.143. The molecule has 0 aliphatic heterocycles. The Morgan fingerprint density at radius 1 is 1.36 bits per heavy atom. The van der Waals surface area contributed by atoms with E-state index in [9.17, 15) is 4.79 Å². The maximum atomic E-state index is 12.2. The van der Waals surface area contributed by atoms with E-state index in [2.05, 4.69) is 25.3 Å². The van der Waals surface area contributed by atoms with Crippen LogP contribution in [0.1, 0.15) is 16.3 Å². The topological polar surface area (TPSA) is 83.6 Å². The molecule has 2 N–H and O–H groups in total. The zero-order valence-electron chi connectivity index (χ0n) is 11.6. The quantitative estimate of drug-likeness (QED) is 0.566. The van der Waals surface area contributed by atoms with Crippen molar-refractivity contribution in [3.8, 4) is 0 Å². The average Bonchev–Trinajstić information content (AvgIpc) is 2.96. The Labute approximate surface area is 135 Å². The largest absolute Gasteiger partial charge is 0.343 e. The second-order valence-corrected chi connectivity index (χ2v) is 5.62. The lowest BCUT2D eigenvalue weighted by atomic mass is 10.3. The number of thioether (sulfide) groups is 1. The second kappa shape index (κ2) is 6.33. The molecule has 0 radical (unpaired) electrons. The first-order chi connectivity index (χ1) is 10.7. The molecule has 0 fully saturated rings. The van der Waals surface area contributed by atoms with Crippen LogP contribution in [0.4, 0.5) is 0 Å². The summed E-state index contributed by atoms with van der Waals surface area (Å²) in [5.41, 5.74) is 1.95. The molecule has 0 atom stereocenters. The van der Waals surface area contributed by atoms with Gasteiger partial charge in [0.05, 0.1) is 28.8 Å². The van der Waals surface area contributed by atoms with Crippen LogP contribution < -0.4 is 5.32 Å². The molecule has 3 rings (SSSR count). The van der Waals surface area contributed by atoms with Gasteiger partial charge in [-0.1, -0.05) is 35.5 Å². The van der Waals surface area contributed by atoms with Gasteiger partial charge in [0, 0.05) is 0 Å². The highest BCUT2D eigenvalue weighted by atomic mass is 35.5. The maximum Gasteiger partial charge on any atom is 0.271 e. The number of aromatic nitrogens is 4. The zero-order chi connectivity index (χ0) is 15.5. The Bertz CT molecular complexity index is 802. The number of para-hydroxylation sites is 2. The third-order valence-corrected chi connectivity index (χ3v) is 3.81. The Kier molecular flexibility index (Phi) is 4.26. The summed E-state index contributed by atoms with van der Waals surface area (Å²) in [6, 6.07) is 7.67. The summed E-state index contributed by atoms with van der Waals surface area (Å²) in [6.45, 7) is 0.266. The van der Waals surface area contributed by atoms with Gasteiger partial charge < -0.3 is 10.3 Å². The van der Waals surface area contributed by atoms with E-state index in [4.69, 9.17) is 11.6 Å². The number of rotatable bonds is 4. The lowest BCUT2D eigenvalue weighted by Gasteiger charge is -2.05. The van der Waals surface area contributed by atoms with Gasteiger partial charge in [-0.3, -0.25) is 4.79 Å². The zero-order valence-corrected chi connectivity index (χ0v) is 13.2. The van der Waals surface area contributed by atoms with Crippen molar-refractivity contribution < 1.29 is 4.79 Å². The molecule has 6 nitrogen and oxygen atoms in total. The van der Waals surface area contributed by atoms with Crippen molar-refractivity contribution in [1.82, 2.24) is 25.3 Å². The number of carbonyl (C=O) groups is 1. The van der Waals surface area contributed by atoms with Crippen LogP contribution in [0.2, 0.25) is 5.02 Å². The van der Waals surface area contributed by atoms with E-state index in [1.807, 2.05) is 30.5 Å². The van der Waals surface area contributed by atoms with Gasteiger partial charge in [0.2, 0.25) is 0 Å². The molecule has 2 heterocycles. The summed E-state index contributed by atoms with van der Waals surface area (Å²) in [4.78, 5) is 27.9. The van der Waals surface area contributed by atoms with E-state index in [1.165, 1.54) is 18.0 Å². The number of hydrogen-bond donors (Lipinski definition) is 2. The van der Waals surface area contributed by atoms with E-state index in [0.717, 1.165) is 11.0 Å². The van der Waals surface area contributed by atoms with Crippen molar-refractivity contribution in [1.29, 1.82) is 0 Å². The van der Waals surface area contributed by atoms with E-state index < -0.39 is 0 Å². The summed E-state index contributed by atoms with van der Waals surface area (Å²) in [5.74, 6) is 0.313. The number of benzene rings is 1. The highest BCUT2D eigenvalue weighted by Gasteiger charge is 2.14. The van der Waals surface area contributed by atoms with Crippen LogP contribution >= 0.6 is 23.4 Å². The van der Waals surface area contributed by atoms with Gasteiger partial charge in [-0.15, -0.1) is 0 Å². The van der Waals surface area contributed by atoms with Crippen molar-refractivity contribution >= 4 is 40.3 Å². The second-order valence-electron chi connectivity index (χ2n) is 4.44. The average molecular weight is 334 g/mol. The molecule has 112 valence electrons. The van der Waals surface area contributed by atoms with Crippen LogP contribution in [0.5, 0.6) is 0 Å². The number of imidazole rings is 1. The number of carbonyl (C=O) groups excluding carboxylic acids is 1. The molecule has 3 aromatic rings. The van der Waals surface area contributed by atoms with Crippen molar-refractivity contribution in [2.75, 3.05) is 6.26 Å². The number of aromatic amines is 1. The lowest BCUT2D eigenvalue weighted by Crippen LogP contribution is -2.25. The first kappa shape index (κ1) is 14.8. The van der Waals surface area contributed by atoms with Crippen LogP contribution in [0.25, 0.3) is 11.0 Å². The summed E-state index contributed by atoms with van der Waals surface area (Å²) in [5, 5.41) is 3.47. The van der Waals surface area contributed by atoms with Gasteiger partial charge in [0.1, 0.15) is 5.82 Å². The van der Waals surface area contributed by atoms with Crippen LogP contribution in [-0.4, -0.2) is 32.1 Å². The minimum atomic E-state index is -0.358. The smallest absolute Gasteiger partial charge is 0.271 e. The van der Waals surface area contributed by atoms with E-state index >= 15 is 0 Å². The van der Waals surface area contributed by atoms with Gasteiger partial charge in [-0.05, 0) is 18.4 Å². The van der Waals surface area contributed by atoms with Gasteiger partial charge >= 0.3 is 0 Å². The third-order valence-electron chi connectivity index (χ3n) is 2.97. The fourth-order valence-electron chi connectivity index (χ4n) is 1.95. The van der Waals surface area contributed by atoms with Crippen molar-refractivity contribution in [3.63, 3.8) is 0 Å². The number of amides is 1. The Morgan fingerprint density at radius 3 is 2.95 bits per heavy atom. The minimum Gasteiger partial charge on any atom is -0.343 e. The van der Waals surface area contributed by atoms with Crippen LogP contribution in [0.15, 0.2) is 35.6 Å². The monoisotopic (exact) mass is 333 g/mol. The minimum absolute atomic E-state index is 0.164. The first-order valence-corrected chi connectivity index (χ1v) is 8.06. The van der Waals surface area contributed by atoms with E-state index in [0.29, 0.717) is 11.0 Å². The van der Waals surface area contributed by atoms with Crippen LogP contribution in [-0.2, 0) is 6.54 Å². The Hall–Kier alpha value is -2.12. The maximum absolute atomic E-state index is 12.2. The lowest BCUT2D eigenvalue weighted by molar-refractivity contribution is 0.0944. The molecule has 0 spiro atoms. The van der Waals surface area contributed by atoms with Gasteiger partial charge in [-0.25, -0.2) is 15.0 Å². The number of H-pyrrole nitrogens is 1. The molecule has 1 aromatic carbocycles. The molecule has 8 heteroatoms. The highest BCUT2D eigenvalue weighted by molar-refractivity contribution is 7.98. The molecule has 0 saturated heterocycles. The summed E-state index contributed by atoms with van der Waals surface area (Å²) in [7, 11) is 0. The van der Waals surface area contributed by atoms with Gasteiger partial charge in [0.15, 0.2) is 10.9 Å². The SMILES string of the molecule is CSc1ncc(Cl)c(C(=O)NCc2nc3ccccc3[nH]2)n1. The summed E-state index contributed by atoms with van der Waals surface area (Å²) >= 11 is 7.32. The van der Waals surface area contributed by atoms with Crippen molar-refractivity contribution in [3.05, 3.63) is 47.0 Å². The molecule has 1 amide bonds. The van der Waals surface area contributed by atoms with Gasteiger partial charge in [-0.2, -0.15) is 0 Å².